The highest BCUT2D eigenvalue weighted by Gasteiger charge is 2.43. The summed E-state index contributed by atoms with van der Waals surface area (Å²) in [4.78, 5) is 0. The van der Waals surface area contributed by atoms with Crippen LogP contribution in [0.1, 0.15) is 31.4 Å². The first-order valence-corrected chi connectivity index (χ1v) is 6.15. The number of para-hydroxylation sites is 1. The summed E-state index contributed by atoms with van der Waals surface area (Å²) in [6.07, 6.45) is -4.05. The van der Waals surface area contributed by atoms with Gasteiger partial charge in [-0.05, 0) is 31.9 Å². The Morgan fingerprint density at radius 1 is 1.35 bits per heavy atom. The van der Waals surface area contributed by atoms with E-state index < -0.39 is 29.3 Å². The maximum atomic E-state index is 13.7. The van der Waals surface area contributed by atoms with E-state index in [0.717, 1.165) is 16.8 Å². The molecule has 0 atom stereocenters. The molecule has 1 aromatic carbocycles. The third-order valence-corrected chi connectivity index (χ3v) is 3.68. The Bertz CT molecular complexity index is 667. The fourth-order valence-corrected chi connectivity index (χ4v) is 2.78. The van der Waals surface area contributed by atoms with Crippen molar-refractivity contribution in [2.75, 3.05) is 0 Å². The molecule has 20 heavy (non-hydrogen) atoms. The predicted octanol–water partition coefficient (Wildman–Crippen LogP) is 3.28. The number of aliphatic hydroxyl groups is 1. The van der Waals surface area contributed by atoms with Crippen LogP contribution in [0.25, 0.3) is 10.9 Å². The normalized spacial score (nSPS) is 26.8. The Balaban J connectivity index is 2.18. The topological polar surface area (TPSA) is 38.0 Å². The van der Waals surface area contributed by atoms with Crippen LogP contribution in [-0.2, 0) is 6.18 Å². The number of hydrogen-bond donors (Lipinski definition) is 1. The summed E-state index contributed by atoms with van der Waals surface area (Å²) in [7, 11) is 0. The molecule has 0 saturated heterocycles. The second-order valence-electron chi connectivity index (χ2n) is 5.49. The Morgan fingerprint density at radius 3 is 2.55 bits per heavy atom. The van der Waals surface area contributed by atoms with Crippen LogP contribution < -0.4 is 0 Å². The van der Waals surface area contributed by atoms with E-state index in [1.165, 1.54) is 6.07 Å². The zero-order chi connectivity index (χ0) is 14.7. The highest BCUT2D eigenvalue weighted by atomic mass is 19.4. The molecule has 1 N–H and O–H groups in total. The molecule has 2 aromatic rings. The summed E-state index contributed by atoms with van der Waals surface area (Å²) >= 11 is 0. The van der Waals surface area contributed by atoms with Crippen molar-refractivity contribution in [1.82, 2.24) is 9.78 Å². The summed E-state index contributed by atoms with van der Waals surface area (Å²) in [5.41, 5.74) is -2.08. The summed E-state index contributed by atoms with van der Waals surface area (Å²) in [6.45, 7) is 1.59. The second-order valence-corrected chi connectivity index (χ2v) is 5.49. The number of benzene rings is 1. The van der Waals surface area contributed by atoms with Crippen molar-refractivity contribution < 1.29 is 22.7 Å². The van der Waals surface area contributed by atoms with E-state index in [0.29, 0.717) is 0 Å². The van der Waals surface area contributed by atoms with Crippen LogP contribution in [0.2, 0.25) is 0 Å². The highest BCUT2D eigenvalue weighted by molar-refractivity contribution is 5.83. The molecule has 1 fully saturated rings. The summed E-state index contributed by atoms with van der Waals surface area (Å²) in [6, 6.07) is 2.94. The van der Waals surface area contributed by atoms with E-state index >= 15 is 0 Å². The molecule has 1 heterocycles. The number of nitrogens with zero attached hydrogens (tertiary/aromatic N) is 2. The Labute approximate surface area is 111 Å². The first-order chi connectivity index (χ1) is 9.19. The first kappa shape index (κ1) is 13.4. The van der Waals surface area contributed by atoms with Crippen molar-refractivity contribution in [3.8, 4) is 0 Å². The monoisotopic (exact) mass is 288 g/mol. The van der Waals surface area contributed by atoms with Gasteiger partial charge >= 0.3 is 6.18 Å². The lowest BCUT2D eigenvalue weighted by molar-refractivity contribution is -0.136. The molecule has 0 amide bonds. The molecule has 7 heteroatoms. The van der Waals surface area contributed by atoms with Crippen LogP contribution in [-0.4, -0.2) is 20.5 Å². The van der Waals surface area contributed by atoms with Crippen molar-refractivity contribution >= 4 is 10.9 Å². The first-order valence-electron chi connectivity index (χ1n) is 6.15. The smallest absolute Gasteiger partial charge is 0.390 e. The fourth-order valence-electron chi connectivity index (χ4n) is 2.78. The van der Waals surface area contributed by atoms with Crippen LogP contribution in [0.5, 0.6) is 0 Å². The fraction of sp³-hybridized carbons (Fsp3) is 0.462. The van der Waals surface area contributed by atoms with Crippen LogP contribution in [0.3, 0.4) is 0 Å². The van der Waals surface area contributed by atoms with E-state index in [4.69, 9.17) is 0 Å². The Morgan fingerprint density at radius 2 is 2.00 bits per heavy atom. The molecule has 0 unspecified atom stereocenters. The minimum Gasteiger partial charge on any atom is -0.390 e. The lowest BCUT2D eigenvalue weighted by atomic mass is 9.77. The van der Waals surface area contributed by atoms with Gasteiger partial charge in [-0.3, -0.25) is 4.68 Å². The molecular formula is C13H12F4N2O. The van der Waals surface area contributed by atoms with Crippen molar-refractivity contribution in [2.45, 2.75) is 37.6 Å². The van der Waals surface area contributed by atoms with Gasteiger partial charge in [-0.25, -0.2) is 0 Å². The van der Waals surface area contributed by atoms with Crippen LogP contribution in [0, 0.1) is 5.95 Å². The molecule has 1 aromatic heterocycles. The minimum atomic E-state index is -4.57. The highest BCUT2D eigenvalue weighted by Crippen LogP contribution is 2.44. The average Bonchev–Trinajstić information content (AvgIpc) is 2.62. The molecular weight excluding hydrogens is 276 g/mol. The zero-order valence-corrected chi connectivity index (χ0v) is 10.6. The van der Waals surface area contributed by atoms with E-state index in [1.807, 2.05) is 0 Å². The predicted molar refractivity (Wildman–Crippen MR) is 63.6 cm³/mol. The van der Waals surface area contributed by atoms with E-state index in [2.05, 4.69) is 5.10 Å². The molecule has 1 aliphatic rings. The van der Waals surface area contributed by atoms with Gasteiger partial charge in [0, 0.05) is 0 Å². The molecule has 1 saturated carbocycles. The Hall–Kier alpha value is -1.63. The van der Waals surface area contributed by atoms with E-state index in [9.17, 15) is 22.7 Å². The molecule has 0 spiro atoms. The molecule has 0 bridgehead atoms. The van der Waals surface area contributed by atoms with Gasteiger partial charge in [-0.1, -0.05) is 6.07 Å². The van der Waals surface area contributed by atoms with E-state index in [-0.39, 0.29) is 23.7 Å². The van der Waals surface area contributed by atoms with Crippen LogP contribution in [0.15, 0.2) is 18.2 Å². The third kappa shape index (κ3) is 1.96. The van der Waals surface area contributed by atoms with Crippen molar-refractivity contribution in [3.05, 3.63) is 29.7 Å². The van der Waals surface area contributed by atoms with Crippen LogP contribution >= 0.6 is 0 Å². The Kier molecular flexibility index (Phi) is 2.63. The van der Waals surface area contributed by atoms with Gasteiger partial charge in [0.15, 0.2) is 0 Å². The van der Waals surface area contributed by atoms with E-state index in [1.54, 1.807) is 6.92 Å². The minimum absolute atomic E-state index is 0.147. The molecule has 0 radical (unpaired) electrons. The molecule has 1 aliphatic carbocycles. The van der Waals surface area contributed by atoms with Gasteiger partial charge in [0.05, 0.1) is 28.1 Å². The number of halogens is 4. The maximum absolute atomic E-state index is 13.7. The largest absolute Gasteiger partial charge is 0.418 e. The molecule has 108 valence electrons. The number of hydrogen-bond acceptors (Lipinski definition) is 2. The van der Waals surface area contributed by atoms with Crippen LogP contribution in [0.4, 0.5) is 17.6 Å². The van der Waals surface area contributed by atoms with Gasteiger partial charge in [-0.15, -0.1) is 5.10 Å². The maximum Gasteiger partial charge on any atom is 0.418 e. The average molecular weight is 288 g/mol. The SMILES string of the molecule is CC1(O)CC(n2nc(F)c3cccc(C(F)(F)F)c32)C1. The van der Waals surface area contributed by atoms with Gasteiger partial charge in [-0.2, -0.15) is 17.6 Å². The number of aromatic nitrogens is 2. The lowest BCUT2D eigenvalue weighted by Crippen LogP contribution is -2.42. The van der Waals surface area contributed by atoms with Gasteiger partial charge in [0.25, 0.3) is 0 Å². The summed E-state index contributed by atoms with van der Waals surface area (Å²) in [5, 5.41) is 13.1. The van der Waals surface area contributed by atoms with Gasteiger partial charge in [0.2, 0.25) is 5.95 Å². The molecule has 3 nitrogen and oxygen atoms in total. The molecule has 3 rings (SSSR count). The van der Waals surface area contributed by atoms with Crippen molar-refractivity contribution in [3.63, 3.8) is 0 Å². The zero-order valence-electron chi connectivity index (χ0n) is 10.6. The quantitative estimate of drug-likeness (QED) is 0.818. The van der Waals surface area contributed by atoms with Gasteiger partial charge < -0.3 is 5.11 Å². The summed E-state index contributed by atoms with van der Waals surface area (Å²) in [5.74, 6) is -0.919. The summed E-state index contributed by atoms with van der Waals surface area (Å²) < 4.78 is 53.9. The number of alkyl halides is 3. The number of rotatable bonds is 1. The lowest BCUT2D eigenvalue weighted by Gasteiger charge is -2.41. The van der Waals surface area contributed by atoms with Gasteiger partial charge in [0.1, 0.15) is 0 Å². The standard InChI is InChI=1S/C13H12F4N2O/c1-12(20)5-7(6-12)19-10-8(11(14)18-19)3-2-4-9(10)13(15,16)17/h2-4,7,20H,5-6H2,1H3. The van der Waals surface area contributed by atoms with Crippen molar-refractivity contribution in [2.24, 2.45) is 0 Å². The number of fused-ring (bicyclic) bond motifs is 1. The second kappa shape index (κ2) is 3.94. The molecule has 0 aliphatic heterocycles. The van der Waals surface area contributed by atoms with Crippen molar-refractivity contribution in [1.29, 1.82) is 0 Å². The third-order valence-electron chi connectivity index (χ3n) is 3.68.